The van der Waals surface area contributed by atoms with Crippen LogP contribution in [0.5, 0.6) is 0 Å². The molecule has 39 heteroatoms. The second-order valence-electron chi connectivity index (χ2n) is 25.2. The van der Waals surface area contributed by atoms with Gasteiger partial charge in [-0.3, -0.25) is 14.1 Å². The van der Waals surface area contributed by atoms with Crippen LogP contribution in [-0.4, -0.2) is 118 Å². The number of sulfone groups is 3. The largest absolute Gasteiger partial charge is 0.364 e. The van der Waals surface area contributed by atoms with E-state index in [1.54, 1.807) is 66.7 Å². The molecule has 0 saturated carbocycles. The van der Waals surface area contributed by atoms with E-state index in [4.69, 9.17) is 81.3 Å². The summed E-state index contributed by atoms with van der Waals surface area (Å²) in [5, 5.41) is 9.77. The lowest BCUT2D eigenvalue weighted by Gasteiger charge is -2.25. The summed E-state index contributed by atoms with van der Waals surface area (Å²) in [7, 11) is -11.0. The molecule has 2 unspecified atom stereocenters. The fourth-order valence-corrected chi connectivity index (χ4v) is 15.5. The average Bonchev–Trinajstić information content (AvgIpc) is 1.61. The van der Waals surface area contributed by atoms with E-state index in [0.29, 0.717) is 71.8 Å². The lowest BCUT2D eigenvalue weighted by molar-refractivity contribution is -0.0363. The van der Waals surface area contributed by atoms with Crippen LogP contribution >= 0.6 is 46.4 Å². The molecule has 3 aliphatic rings. The van der Waals surface area contributed by atoms with Gasteiger partial charge in [-0.05, 0) is 136 Å². The summed E-state index contributed by atoms with van der Waals surface area (Å²) in [6.07, 6.45) is -2.01. The molecule has 0 amide bonds. The molecule has 2 fully saturated rings. The summed E-state index contributed by atoms with van der Waals surface area (Å²) >= 11 is 24.2. The molecular formula is C73H62Cl4F6N18O8S3. The van der Waals surface area contributed by atoms with E-state index in [2.05, 4.69) is 75.3 Å². The number of hydrogen-bond donors (Lipinski definition) is 4. The first kappa shape index (κ1) is 82.3. The highest BCUT2D eigenvalue weighted by Crippen LogP contribution is 2.43. The first-order valence-corrected chi connectivity index (χ1v) is 40.7. The Balaban J connectivity index is 0.000000158. The molecule has 2 saturated heterocycles. The molecular weight excluding hydrogens is 1610 g/mol. The Bertz CT molecular complexity index is 5960. The molecule has 580 valence electrons. The molecule has 3 aliphatic heterocycles. The number of benzene rings is 3. The number of nitrogens with two attached hydrogens (primary N) is 1. The zero-order valence-corrected chi connectivity index (χ0v) is 64.4. The van der Waals surface area contributed by atoms with Crippen molar-refractivity contribution in [2.24, 2.45) is 4.99 Å². The number of nitrogens with one attached hydrogen (secondary N) is 3. The number of aliphatic imine (C=N–C) groups is 1. The summed E-state index contributed by atoms with van der Waals surface area (Å²) in [6.45, 7) is 21.8. The van der Waals surface area contributed by atoms with Crippen LogP contribution in [-0.2, 0) is 58.2 Å². The van der Waals surface area contributed by atoms with Crippen molar-refractivity contribution in [1.29, 1.82) is 0 Å². The SMILES string of the molecule is CS(=O)(=O)c1cc(Cl)ccc1Nc1cc(Cl)nc2c1nc(C(F)F)n2C1CCCCO1.[C-]#[N+]c1cccc(Cc2cc(Nc3ccc(Cl)cc3S(C)(=O)=O)c3c(n2)CC(C(F)F)=N3)n1.[C-]#[N+]c1cccc(Cc2cc(Nc3ccc(Cl)cc3S(C)(=O)=O)c3nc(C(F)F)n(C4CCCCO4)c3n2)n1.[C-]#[N+]c1cccc(N)n1. The quantitative estimate of drug-likeness (QED) is 0.0352. The number of fused-ring (bicyclic) bond motifs is 3. The molecule has 0 bridgehead atoms. The number of nitrogen functional groups attached to an aromatic ring is 1. The number of hydrogen-bond acceptors (Lipinski definition) is 21. The zero-order chi connectivity index (χ0) is 80.5. The highest BCUT2D eigenvalue weighted by atomic mass is 35.5. The Kier molecular flexibility index (Phi) is 26.0. The predicted octanol–water partition coefficient (Wildman–Crippen LogP) is 18.5. The van der Waals surface area contributed by atoms with Crippen molar-refractivity contribution in [2.75, 3.05) is 53.7 Å². The van der Waals surface area contributed by atoms with E-state index in [9.17, 15) is 51.6 Å². The van der Waals surface area contributed by atoms with Crippen molar-refractivity contribution in [1.82, 2.24) is 49.0 Å². The van der Waals surface area contributed by atoms with Gasteiger partial charge in [-0.25, -0.2) is 76.5 Å². The predicted molar refractivity (Wildman–Crippen MR) is 414 cm³/mol. The molecule has 14 rings (SSSR count). The van der Waals surface area contributed by atoms with Crippen LogP contribution in [0.1, 0.15) is 104 Å². The highest BCUT2D eigenvalue weighted by Gasteiger charge is 2.33. The van der Waals surface area contributed by atoms with Gasteiger partial charge >= 0.3 is 0 Å². The van der Waals surface area contributed by atoms with Crippen LogP contribution in [0.15, 0.2) is 147 Å². The van der Waals surface area contributed by atoms with Gasteiger partial charge in [-0.1, -0.05) is 84.3 Å². The van der Waals surface area contributed by atoms with Gasteiger partial charge in [0.1, 0.15) is 45.7 Å². The van der Waals surface area contributed by atoms with Gasteiger partial charge in [0.15, 0.2) is 52.5 Å². The van der Waals surface area contributed by atoms with E-state index in [1.165, 1.54) is 69.8 Å². The Labute approximate surface area is 657 Å². The van der Waals surface area contributed by atoms with Crippen molar-refractivity contribution >= 4 is 167 Å². The maximum atomic E-state index is 14.3. The standard InChI is InChI=1S/C26H23ClF2N6O3S.C22H16ClF2N5O2S.C19H18Cl2F2N4O3S.C6H5N3/c1-30-21-7-5-6-16(31-21)13-17-14-19(33-18-10-9-15(27)12-20(18)39(2,36)37)23-25(32-17)35(26(34-23)24(28)29)22-8-3-4-11-38-22;1-26-20-5-3-4-13(28-20)9-14-10-16(21-17(27-14)11-18(30-21)22(24)25)29-15-7-6-12(23)8-19(15)33(2,31)32;1-31(28,29)13-8-10(20)5-6-11(13)24-12-9-14(21)25-18-16(12)26-19(17(22)23)27(18)15-4-2-3-7-30-15;1-8-6-4-2-3-5(7)9-6/h5-7,9-10,12,14,22,24H,3-4,8,11,13H2,2H3,(H,32,33);3-8,10,22H,9,11H2,2H3,(H,27,29);5-6,8-9,15,17H,2-4,7H2,1H3,(H,24,25);2-4H,(H2,7,9). The number of nitrogens with zero attached hydrogens (tertiary/aromatic N) is 14. The third-order valence-electron chi connectivity index (χ3n) is 16.9. The monoisotopic (exact) mass is 1670 g/mol. The second kappa shape index (κ2) is 35.4. The number of rotatable bonds is 18. The average molecular weight is 1670 g/mol. The van der Waals surface area contributed by atoms with Crippen LogP contribution in [0, 0.1) is 19.7 Å². The lowest BCUT2D eigenvalue weighted by Crippen LogP contribution is -2.20. The Morgan fingerprint density at radius 3 is 1.29 bits per heavy atom. The summed E-state index contributed by atoms with van der Waals surface area (Å²) in [4.78, 5) is 47.6. The van der Waals surface area contributed by atoms with Gasteiger partial charge < -0.3 is 45.7 Å². The van der Waals surface area contributed by atoms with E-state index in [0.717, 1.165) is 44.5 Å². The first-order valence-electron chi connectivity index (χ1n) is 33.5. The summed E-state index contributed by atoms with van der Waals surface area (Å²) in [5.74, 6) is 0.204. The van der Waals surface area contributed by atoms with Gasteiger partial charge in [-0.2, -0.15) is 0 Å². The minimum absolute atomic E-state index is 0.0302. The van der Waals surface area contributed by atoms with Gasteiger partial charge in [0, 0.05) is 65.6 Å². The molecule has 112 heavy (non-hydrogen) atoms. The first-order chi connectivity index (χ1) is 53.2. The fourth-order valence-electron chi connectivity index (χ4n) is 12.0. The molecule has 8 aromatic heterocycles. The van der Waals surface area contributed by atoms with E-state index in [1.807, 2.05) is 0 Å². The van der Waals surface area contributed by atoms with Gasteiger partial charge in [0.05, 0.1) is 84.4 Å². The van der Waals surface area contributed by atoms with Crippen LogP contribution in [0.25, 0.3) is 36.9 Å². The molecule has 5 N–H and O–H groups in total. The molecule has 26 nitrogen and oxygen atoms in total. The molecule has 0 aliphatic carbocycles. The number of aromatic nitrogens is 10. The molecule has 3 aromatic carbocycles. The number of ether oxygens (including phenoxy) is 2. The highest BCUT2D eigenvalue weighted by molar-refractivity contribution is 7.91. The van der Waals surface area contributed by atoms with Crippen molar-refractivity contribution < 1.29 is 61.1 Å². The summed E-state index contributed by atoms with van der Waals surface area (Å²) in [6, 6.07) is 32.6. The maximum absolute atomic E-state index is 14.3. The summed E-state index contributed by atoms with van der Waals surface area (Å²) in [5.41, 5.74) is 9.70. The van der Waals surface area contributed by atoms with Crippen LogP contribution in [0.2, 0.25) is 20.2 Å². The van der Waals surface area contributed by atoms with Gasteiger partial charge in [0.25, 0.3) is 36.7 Å². The normalized spacial score (nSPS) is 14.8. The molecule has 11 heterocycles. The third-order valence-corrected chi connectivity index (χ3v) is 21.2. The van der Waals surface area contributed by atoms with Crippen molar-refractivity contribution in [3.63, 3.8) is 0 Å². The number of pyridine rings is 6. The van der Waals surface area contributed by atoms with E-state index >= 15 is 0 Å². The van der Waals surface area contributed by atoms with Crippen molar-refractivity contribution in [3.05, 3.63) is 222 Å². The second-order valence-corrected chi connectivity index (χ2v) is 32.8. The van der Waals surface area contributed by atoms with Crippen molar-refractivity contribution in [2.45, 2.75) is 104 Å². The third kappa shape index (κ3) is 20.2. The topological polar surface area (TPSA) is 321 Å². The van der Waals surface area contributed by atoms with Gasteiger partial charge in [0.2, 0.25) is 5.82 Å². The minimum Gasteiger partial charge on any atom is -0.364 e. The molecule has 2 atom stereocenters. The Morgan fingerprint density at radius 2 is 0.893 bits per heavy atom. The van der Waals surface area contributed by atoms with E-state index < -0.39 is 72.9 Å². The smallest absolute Gasteiger partial charge is 0.295 e. The van der Waals surface area contributed by atoms with Gasteiger partial charge in [-0.15, -0.1) is 15.0 Å². The zero-order valence-electron chi connectivity index (χ0n) is 58.9. The van der Waals surface area contributed by atoms with Crippen LogP contribution < -0.4 is 21.7 Å². The Hall–Kier alpha value is -10.7. The minimum atomic E-state index is -3.70. The van der Waals surface area contributed by atoms with Crippen LogP contribution in [0.4, 0.5) is 89.4 Å². The van der Waals surface area contributed by atoms with Crippen LogP contribution in [0.3, 0.4) is 0 Å². The number of halogens is 10. The lowest BCUT2D eigenvalue weighted by atomic mass is 10.1. The number of alkyl halides is 6. The molecule has 0 spiro atoms. The maximum Gasteiger partial charge on any atom is 0.295 e. The molecule has 11 aromatic rings. The Morgan fingerprint density at radius 1 is 0.482 bits per heavy atom. The number of imidazole rings is 2. The van der Waals surface area contributed by atoms with E-state index in [-0.39, 0.29) is 128 Å². The molecule has 0 radical (unpaired) electrons. The summed E-state index contributed by atoms with van der Waals surface area (Å²) < 4.78 is 171. The number of anilines is 7. The fraction of sp³-hybridized carbons (Fsp3) is 0.260. The van der Waals surface area contributed by atoms with Crippen molar-refractivity contribution in [3.8, 4) is 0 Å².